The molecule has 0 rings (SSSR count). The van der Waals surface area contributed by atoms with Crippen LogP contribution in [0.25, 0.3) is 0 Å². The lowest BCUT2D eigenvalue weighted by molar-refractivity contribution is -0.149. The molecule has 0 saturated heterocycles. The lowest BCUT2D eigenvalue weighted by atomic mass is 10.1. The van der Waals surface area contributed by atoms with Crippen molar-refractivity contribution in [1.29, 1.82) is 0 Å². The Morgan fingerprint density at radius 1 is 1.44 bits per heavy atom. The maximum absolute atomic E-state index is 12.1. The Kier molecular flexibility index (Phi) is 8.03. The molecule has 0 aromatic carbocycles. The molecule has 0 spiro atoms. The molecule has 0 fully saturated rings. The highest BCUT2D eigenvalue weighted by Gasteiger charge is 2.23. The topological polar surface area (TPSA) is 72.6 Å². The summed E-state index contributed by atoms with van der Waals surface area (Å²) in [7, 11) is 0. The molecule has 104 valence electrons. The molecule has 0 aromatic heterocycles. The Labute approximate surface area is 109 Å². The van der Waals surface area contributed by atoms with E-state index in [1.807, 2.05) is 13.8 Å². The first-order chi connectivity index (χ1) is 8.42. The van der Waals surface area contributed by atoms with Gasteiger partial charge in [0.15, 0.2) is 0 Å². The number of nitrogens with zero attached hydrogens (tertiary/aromatic N) is 1. The molecule has 5 nitrogen and oxygen atoms in total. The van der Waals surface area contributed by atoms with Gasteiger partial charge in [-0.05, 0) is 19.3 Å². The molecular formula is C13H24N2O3. The monoisotopic (exact) mass is 256 g/mol. The highest BCUT2D eigenvalue weighted by Crippen LogP contribution is 2.04. The number of hydrogen-bond donors (Lipinski definition) is 1. The first-order valence-corrected chi connectivity index (χ1v) is 6.23. The number of esters is 1. The smallest absolute Gasteiger partial charge is 0.325 e. The fourth-order valence-electron chi connectivity index (χ4n) is 1.55. The molecule has 18 heavy (non-hydrogen) atoms. The lowest BCUT2D eigenvalue weighted by Crippen LogP contribution is -2.47. The van der Waals surface area contributed by atoms with Gasteiger partial charge in [0.2, 0.25) is 5.91 Å². The van der Waals surface area contributed by atoms with E-state index in [4.69, 9.17) is 10.5 Å². The second-order valence-corrected chi connectivity index (χ2v) is 4.55. The highest BCUT2D eigenvalue weighted by molar-refractivity contribution is 5.85. The molecule has 1 atom stereocenters. The summed E-state index contributed by atoms with van der Waals surface area (Å²) in [6.45, 7) is 9.99. The average Bonchev–Trinajstić information content (AvgIpc) is 2.27. The van der Waals surface area contributed by atoms with Crippen molar-refractivity contribution in [3.8, 4) is 0 Å². The van der Waals surface area contributed by atoms with Crippen molar-refractivity contribution in [3.05, 3.63) is 12.7 Å². The largest absolute Gasteiger partial charge is 0.465 e. The van der Waals surface area contributed by atoms with Gasteiger partial charge in [-0.3, -0.25) is 9.59 Å². The van der Waals surface area contributed by atoms with Crippen molar-refractivity contribution in [2.45, 2.75) is 33.2 Å². The van der Waals surface area contributed by atoms with Crippen molar-refractivity contribution < 1.29 is 14.3 Å². The van der Waals surface area contributed by atoms with Crippen LogP contribution in [0.2, 0.25) is 0 Å². The van der Waals surface area contributed by atoms with Gasteiger partial charge in [-0.15, -0.1) is 6.58 Å². The maximum Gasteiger partial charge on any atom is 0.325 e. The molecule has 0 aliphatic carbocycles. The normalized spacial score (nSPS) is 12.1. The van der Waals surface area contributed by atoms with Gasteiger partial charge in [0.1, 0.15) is 6.54 Å². The van der Waals surface area contributed by atoms with Crippen molar-refractivity contribution >= 4 is 11.9 Å². The zero-order valence-corrected chi connectivity index (χ0v) is 11.5. The van der Waals surface area contributed by atoms with E-state index in [2.05, 4.69) is 6.58 Å². The van der Waals surface area contributed by atoms with E-state index in [9.17, 15) is 9.59 Å². The van der Waals surface area contributed by atoms with Crippen LogP contribution in [0.3, 0.4) is 0 Å². The molecule has 0 aliphatic heterocycles. The summed E-state index contributed by atoms with van der Waals surface area (Å²) in [5.74, 6) is -0.381. The number of nitrogens with two attached hydrogens (primary N) is 1. The van der Waals surface area contributed by atoms with E-state index in [-0.39, 0.29) is 18.4 Å². The van der Waals surface area contributed by atoms with Crippen LogP contribution in [0.4, 0.5) is 0 Å². The molecule has 5 heteroatoms. The van der Waals surface area contributed by atoms with E-state index < -0.39 is 12.0 Å². The minimum absolute atomic E-state index is 0.0459. The Balaban J connectivity index is 4.60. The molecule has 0 heterocycles. The van der Waals surface area contributed by atoms with E-state index in [1.165, 1.54) is 4.90 Å². The van der Waals surface area contributed by atoms with Crippen molar-refractivity contribution in [2.75, 3.05) is 19.7 Å². The third kappa shape index (κ3) is 6.39. The van der Waals surface area contributed by atoms with Crippen LogP contribution in [0, 0.1) is 5.92 Å². The van der Waals surface area contributed by atoms with Crippen molar-refractivity contribution in [1.82, 2.24) is 4.90 Å². The predicted molar refractivity (Wildman–Crippen MR) is 70.8 cm³/mol. The quantitative estimate of drug-likeness (QED) is 0.518. The van der Waals surface area contributed by atoms with Gasteiger partial charge in [-0.1, -0.05) is 19.9 Å². The van der Waals surface area contributed by atoms with Crippen LogP contribution >= 0.6 is 0 Å². The molecule has 0 bridgehead atoms. The molecule has 1 unspecified atom stereocenters. The number of amides is 1. The van der Waals surface area contributed by atoms with Crippen LogP contribution in [-0.4, -0.2) is 42.5 Å². The molecule has 2 N–H and O–H groups in total. The number of carbonyl (C=O) groups is 2. The third-order valence-corrected chi connectivity index (χ3v) is 2.26. The average molecular weight is 256 g/mol. The number of ether oxygens (including phenoxy) is 1. The minimum Gasteiger partial charge on any atom is -0.465 e. The van der Waals surface area contributed by atoms with E-state index in [0.717, 1.165) is 0 Å². The third-order valence-electron chi connectivity index (χ3n) is 2.26. The fourth-order valence-corrected chi connectivity index (χ4v) is 1.55. The van der Waals surface area contributed by atoms with Crippen LogP contribution in [0.1, 0.15) is 27.2 Å². The van der Waals surface area contributed by atoms with Gasteiger partial charge in [0.25, 0.3) is 0 Å². The van der Waals surface area contributed by atoms with Gasteiger partial charge < -0.3 is 15.4 Å². The zero-order valence-electron chi connectivity index (χ0n) is 11.5. The molecular weight excluding hydrogens is 232 g/mol. The summed E-state index contributed by atoms with van der Waals surface area (Å²) in [5, 5.41) is 0. The Morgan fingerprint density at radius 3 is 2.50 bits per heavy atom. The van der Waals surface area contributed by atoms with Crippen LogP contribution in [-0.2, 0) is 14.3 Å². The van der Waals surface area contributed by atoms with E-state index in [1.54, 1.807) is 13.0 Å². The Bertz CT molecular complexity index is 290. The second-order valence-electron chi connectivity index (χ2n) is 4.55. The van der Waals surface area contributed by atoms with Gasteiger partial charge >= 0.3 is 5.97 Å². The standard InChI is InChI=1S/C13H24N2O3/c1-5-7-11(14)13(17)15(8-10(3)4)9-12(16)18-6-2/h5,10-11H,1,6-9,14H2,2-4H3. The molecule has 0 aliphatic rings. The Hall–Kier alpha value is -1.36. The molecule has 0 saturated carbocycles. The summed E-state index contributed by atoms with van der Waals surface area (Å²) in [6, 6.07) is -0.643. The van der Waals surface area contributed by atoms with E-state index in [0.29, 0.717) is 19.6 Å². The van der Waals surface area contributed by atoms with Crippen molar-refractivity contribution in [3.63, 3.8) is 0 Å². The van der Waals surface area contributed by atoms with Gasteiger partial charge in [0, 0.05) is 6.54 Å². The minimum atomic E-state index is -0.643. The fraction of sp³-hybridized carbons (Fsp3) is 0.692. The number of carbonyl (C=O) groups excluding carboxylic acids is 2. The van der Waals surface area contributed by atoms with Gasteiger partial charge in [-0.2, -0.15) is 0 Å². The molecule has 1 amide bonds. The summed E-state index contributed by atoms with van der Waals surface area (Å²) < 4.78 is 4.85. The first kappa shape index (κ1) is 16.6. The lowest BCUT2D eigenvalue weighted by Gasteiger charge is -2.26. The maximum atomic E-state index is 12.1. The molecule has 0 radical (unpaired) electrons. The van der Waals surface area contributed by atoms with Crippen LogP contribution < -0.4 is 5.73 Å². The molecule has 0 aromatic rings. The Morgan fingerprint density at radius 2 is 2.06 bits per heavy atom. The summed E-state index contributed by atoms with van der Waals surface area (Å²) >= 11 is 0. The van der Waals surface area contributed by atoms with Crippen LogP contribution in [0.5, 0.6) is 0 Å². The van der Waals surface area contributed by atoms with Crippen LogP contribution in [0.15, 0.2) is 12.7 Å². The van der Waals surface area contributed by atoms with Gasteiger partial charge in [0.05, 0.1) is 12.6 Å². The summed E-state index contributed by atoms with van der Waals surface area (Å²) in [4.78, 5) is 25.0. The highest BCUT2D eigenvalue weighted by atomic mass is 16.5. The summed E-state index contributed by atoms with van der Waals surface area (Å²) in [6.07, 6.45) is 2.00. The summed E-state index contributed by atoms with van der Waals surface area (Å²) in [5.41, 5.74) is 5.74. The van der Waals surface area contributed by atoms with Gasteiger partial charge in [-0.25, -0.2) is 0 Å². The first-order valence-electron chi connectivity index (χ1n) is 6.23. The zero-order chi connectivity index (χ0) is 14.1. The van der Waals surface area contributed by atoms with E-state index >= 15 is 0 Å². The number of hydrogen-bond acceptors (Lipinski definition) is 4. The number of rotatable bonds is 8. The SMILES string of the molecule is C=CCC(N)C(=O)N(CC(=O)OCC)CC(C)C. The predicted octanol–water partition coefficient (Wildman–Crippen LogP) is 0.937. The van der Waals surface area contributed by atoms with Crippen molar-refractivity contribution in [2.24, 2.45) is 11.7 Å². The second kappa shape index (κ2) is 8.69.